The molecule has 1 aromatic heterocycles. The molecule has 0 spiro atoms. The van der Waals surface area contributed by atoms with Crippen molar-refractivity contribution in [1.82, 2.24) is 19.7 Å². The minimum Gasteiger partial charge on any atom is -0.341 e. The fourth-order valence-corrected chi connectivity index (χ4v) is 2.80. The summed E-state index contributed by atoms with van der Waals surface area (Å²) in [4.78, 5) is 14.1. The molecular formula is C13H22N4O. The number of hydrogen-bond acceptors (Lipinski definition) is 3. The van der Waals surface area contributed by atoms with Crippen molar-refractivity contribution in [2.45, 2.75) is 39.0 Å². The van der Waals surface area contributed by atoms with Crippen LogP contribution < -0.4 is 0 Å². The van der Waals surface area contributed by atoms with E-state index in [0.717, 1.165) is 31.8 Å². The van der Waals surface area contributed by atoms with Crippen molar-refractivity contribution < 1.29 is 4.79 Å². The fourth-order valence-electron chi connectivity index (χ4n) is 2.80. The number of amides is 1. The molecule has 0 radical (unpaired) electrons. The predicted molar refractivity (Wildman–Crippen MR) is 69.0 cm³/mol. The lowest BCUT2D eigenvalue weighted by Gasteiger charge is -2.40. The van der Waals surface area contributed by atoms with Crippen molar-refractivity contribution in [3.05, 3.63) is 12.2 Å². The van der Waals surface area contributed by atoms with Gasteiger partial charge < -0.3 is 9.47 Å². The second-order valence-electron chi connectivity index (χ2n) is 5.84. The topological polar surface area (TPSA) is 51.0 Å². The average Bonchev–Trinajstić information content (AvgIpc) is 2.75. The third-order valence-electron chi connectivity index (χ3n) is 3.75. The molecule has 1 atom stereocenters. The lowest BCUT2D eigenvalue weighted by Crippen LogP contribution is -2.49. The Balaban J connectivity index is 2.20. The van der Waals surface area contributed by atoms with E-state index in [2.05, 4.69) is 17.1 Å². The highest BCUT2D eigenvalue weighted by molar-refractivity contribution is 5.78. The monoisotopic (exact) mass is 250 g/mol. The molecule has 0 aliphatic carbocycles. The van der Waals surface area contributed by atoms with Crippen molar-refractivity contribution in [3.8, 4) is 0 Å². The molecule has 18 heavy (non-hydrogen) atoms. The molecule has 5 heteroatoms. The van der Waals surface area contributed by atoms with Gasteiger partial charge in [-0.2, -0.15) is 0 Å². The van der Waals surface area contributed by atoms with E-state index < -0.39 is 0 Å². The first kappa shape index (κ1) is 13.1. The SMILES string of the molecule is CC(C)C(=O)N1CCCC(C)(c2nncn2C)C1. The van der Waals surface area contributed by atoms with Gasteiger partial charge in [0.15, 0.2) is 0 Å². The van der Waals surface area contributed by atoms with E-state index in [0.29, 0.717) is 0 Å². The summed E-state index contributed by atoms with van der Waals surface area (Å²) in [5.74, 6) is 1.28. The predicted octanol–water partition coefficient (Wildman–Crippen LogP) is 1.35. The molecule has 0 N–H and O–H groups in total. The van der Waals surface area contributed by atoms with Crippen molar-refractivity contribution in [3.63, 3.8) is 0 Å². The van der Waals surface area contributed by atoms with Crippen LogP contribution in [-0.4, -0.2) is 38.7 Å². The molecular weight excluding hydrogens is 228 g/mol. The third kappa shape index (κ3) is 2.26. The Morgan fingerprint density at radius 3 is 2.78 bits per heavy atom. The van der Waals surface area contributed by atoms with E-state index in [1.807, 2.05) is 30.4 Å². The van der Waals surface area contributed by atoms with Gasteiger partial charge in [0.2, 0.25) is 5.91 Å². The van der Waals surface area contributed by atoms with Crippen LogP contribution in [-0.2, 0) is 17.3 Å². The summed E-state index contributed by atoms with van der Waals surface area (Å²) in [6.45, 7) is 7.70. The maximum absolute atomic E-state index is 12.1. The molecule has 2 heterocycles. The molecule has 1 unspecified atom stereocenters. The van der Waals surface area contributed by atoms with Crippen molar-refractivity contribution >= 4 is 5.91 Å². The number of rotatable bonds is 2. The largest absolute Gasteiger partial charge is 0.341 e. The zero-order valence-corrected chi connectivity index (χ0v) is 11.7. The number of aromatic nitrogens is 3. The van der Waals surface area contributed by atoms with Crippen LogP contribution in [0.25, 0.3) is 0 Å². The van der Waals surface area contributed by atoms with Crippen LogP contribution in [0.15, 0.2) is 6.33 Å². The van der Waals surface area contributed by atoms with Crippen LogP contribution in [0, 0.1) is 5.92 Å². The lowest BCUT2D eigenvalue weighted by atomic mass is 9.80. The quantitative estimate of drug-likeness (QED) is 0.796. The highest BCUT2D eigenvalue weighted by atomic mass is 16.2. The van der Waals surface area contributed by atoms with Crippen LogP contribution in [0.1, 0.15) is 39.4 Å². The number of piperidine rings is 1. The van der Waals surface area contributed by atoms with Crippen molar-refractivity contribution in [2.75, 3.05) is 13.1 Å². The molecule has 5 nitrogen and oxygen atoms in total. The molecule has 100 valence electrons. The molecule has 0 bridgehead atoms. The van der Waals surface area contributed by atoms with E-state index in [-0.39, 0.29) is 17.2 Å². The molecule has 1 aliphatic heterocycles. The molecule has 1 aromatic rings. The summed E-state index contributed by atoms with van der Waals surface area (Å²) >= 11 is 0. The van der Waals surface area contributed by atoms with Crippen LogP contribution in [0.5, 0.6) is 0 Å². The first-order valence-corrected chi connectivity index (χ1v) is 6.57. The maximum Gasteiger partial charge on any atom is 0.225 e. The van der Waals surface area contributed by atoms with Gasteiger partial charge in [-0.05, 0) is 12.8 Å². The average molecular weight is 250 g/mol. The Labute approximate surface area is 108 Å². The van der Waals surface area contributed by atoms with E-state index in [1.165, 1.54) is 0 Å². The summed E-state index contributed by atoms with van der Waals surface area (Å²) in [6, 6.07) is 0. The van der Waals surface area contributed by atoms with Gasteiger partial charge in [0.05, 0.1) is 0 Å². The Bertz CT molecular complexity index is 440. The zero-order valence-electron chi connectivity index (χ0n) is 11.7. The van der Waals surface area contributed by atoms with Crippen LogP contribution in [0.2, 0.25) is 0 Å². The second-order valence-corrected chi connectivity index (χ2v) is 5.84. The second kappa shape index (κ2) is 4.71. The summed E-state index contributed by atoms with van der Waals surface area (Å²) in [7, 11) is 1.96. The van der Waals surface area contributed by atoms with Gasteiger partial charge in [0.1, 0.15) is 12.2 Å². The summed E-state index contributed by atoms with van der Waals surface area (Å²) in [6.07, 6.45) is 3.81. The van der Waals surface area contributed by atoms with Gasteiger partial charge in [-0.3, -0.25) is 4.79 Å². The Morgan fingerprint density at radius 2 is 2.22 bits per heavy atom. The van der Waals surface area contributed by atoms with Crippen molar-refractivity contribution in [1.29, 1.82) is 0 Å². The van der Waals surface area contributed by atoms with Crippen LogP contribution in [0.4, 0.5) is 0 Å². The number of nitrogens with zero attached hydrogens (tertiary/aromatic N) is 4. The molecule has 0 aromatic carbocycles. The van der Waals surface area contributed by atoms with E-state index in [4.69, 9.17) is 0 Å². The standard InChI is InChI=1S/C13H22N4O/c1-10(2)11(18)17-7-5-6-13(3,8-17)12-15-14-9-16(12)4/h9-10H,5-8H2,1-4H3. The van der Waals surface area contributed by atoms with Gasteiger partial charge >= 0.3 is 0 Å². The van der Waals surface area contributed by atoms with E-state index >= 15 is 0 Å². The highest BCUT2D eigenvalue weighted by Crippen LogP contribution is 2.32. The minimum absolute atomic E-state index is 0.0619. The van der Waals surface area contributed by atoms with E-state index in [1.54, 1.807) is 6.33 Å². The molecule has 1 fully saturated rings. The minimum atomic E-state index is -0.0753. The number of likely N-dealkylation sites (tertiary alicyclic amines) is 1. The number of carbonyl (C=O) groups excluding carboxylic acids is 1. The van der Waals surface area contributed by atoms with Crippen molar-refractivity contribution in [2.24, 2.45) is 13.0 Å². The summed E-state index contributed by atoms with van der Waals surface area (Å²) < 4.78 is 1.96. The number of carbonyl (C=O) groups is 1. The summed E-state index contributed by atoms with van der Waals surface area (Å²) in [5.41, 5.74) is -0.0753. The smallest absolute Gasteiger partial charge is 0.225 e. The van der Waals surface area contributed by atoms with Gasteiger partial charge in [-0.25, -0.2) is 0 Å². The van der Waals surface area contributed by atoms with Crippen LogP contribution in [0.3, 0.4) is 0 Å². The lowest BCUT2D eigenvalue weighted by molar-refractivity contribution is -0.136. The zero-order chi connectivity index (χ0) is 13.3. The first-order chi connectivity index (χ1) is 8.44. The van der Waals surface area contributed by atoms with Crippen LogP contribution >= 0.6 is 0 Å². The van der Waals surface area contributed by atoms with E-state index in [9.17, 15) is 4.79 Å². The fraction of sp³-hybridized carbons (Fsp3) is 0.769. The van der Waals surface area contributed by atoms with Gasteiger partial charge in [0, 0.05) is 31.5 Å². The first-order valence-electron chi connectivity index (χ1n) is 6.57. The number of hydrogen-bond donors (Lipinski definition) is 0. The third-order valence-corrected chi connectivity index (χ3v) is 3.75. The number of aryl methyl sites for hydroxylation is 1. The molecule has 2 rings (SSSR count). The Hall–Kier alpha value is -1.39. The highest BCUT2D eigenvalue weighted by Gasteiger charge is 2.38. The van der Waals surface area contributed by atoms with Gasteiger partial charge in [-0.15, -0.1) is 10.2 Å². The Kier molecular flexibility index (Phi) is 3.41. The molecule has 0 saturated carbocycles. The molecule has 1 amide bonds. The Morgan fingerprint density at radius 1 is 1.50 bits per heavy atom. The molecule has 1 saturated heterocycles. The maximum atomic E-state index is 12.1. The van der Waals surface area contributed by atoms with Gasteiger partial charge in [-0.1, -0.05) is 20.8 Å². The normalized spacial score (nSPS) is 24.6. The van der Waals surface area contributed by atoms with Gasteiger partial charge in [0.25, 0.3) is 0 Å². The molecule has 1 aliphatic rings. The summed E-state index contributed by atoms with van der Waals surface area (Å²) in [5, 5.41) is 8.18.